The molecule has 2 N–H and O–H groups in total. The van der Waals surface area contributed by atoms with Crippen molar-refractivity contribution in [1.82, 2.24) is 25.7 Å². The largest absolute Gasteiger partial charge is 0.368 e. The molecule has 27 heavy (non-hydrogen) atoms. The average molecular weight is 371 g/mol. The SMILES string of the molecule is O=C(NNC(=O)N1CCN(c2ccc([N+](=O)[O-])cc2)CC1)c1cnccn1. The van der Waals surface area contributed by atoms with Crippen LogP contribution in [0.1, 0.15) is 10.5 Å². The summed E-state index contributed by atoms with van der Waals surface area (Å²) in [5, 5.41) is 10.7. The number of benzene rings is 1. The first-order valence-corrected chi connectivity index (χ1v) is 8.15. The normalized spacial score (nSPS) is 13.8. The van der Waals surface area contributed by atoms with Crippen LogP contribution in [0, 0.1) is 10.1 Å². The summed E-state index contributed by atoms with van der Waals surface area (Å²) in [5.74, 6) is -0.555. The molecule has 0 unspecified atom stereocenters. The predicted octanol–water partition coefficient (Wildman–Crippen LogP) is 0.561. The Morgan fingerprint density at radius 1 is 1.04 bits per heavy atom. The van der Waals surface area contributed by atoms with E-state index < -0.39 is 16.9 Å². The second kappa shape index (κ2) is 8.08. The van der Waals surface area contributed by atoms with Gasteiger partial charge in [0.05, 0.1) is 11.1 Å². The highest BCUT2D eigenvalue weighted by atomic mass is 16.6. The van der Waals surface area contributed by atoms with Crippen molar-refractivity contribution in [3.05, 3.63) is 58.7 Å². The Morgan fingerprint density at radius 2 is 1.74 bits per heavy atom. The number of hydrogen-bond acceptors (Lipinski definition) is 7. The molecule has 2 heterocycles. The van der Waals surface area contributed by atoms with E-state index in [0.29, 0.717) is 26.2 Å². The van der Waals surface area contributed by atoms with Crippen molar-refractivity contribution >= 4 is 23.3 Å². The van der Waals surface area contributed by atoms with Gasteiger partial charge in [-0.15, -0.1) is 0 Å². The maximum absolute atomic E-state index is 12.2. The summed E-state index contributed by atoms with van der Waals surface area (Å²) in [7, 11) is 0. The summed E-state index contributed by atoms with van der Waals surface area (Å²) in [6, 6.07) is 5.87. The zero-order valence-electron chi connectivity index (χ0n) is 14.2. The maximum atomic E-state index is 12.2. The number of amides is 3. The van der Waals surface area contributed by atoms with Gasteiger partial charge in [0.15, 0.2) is 0 Å². The number of nitrogens with zero attached hydrogens (tertiary/aromatic N) is 5. The standard InChI is InChI=1S/C16H17N7O4/c24-15(14-11-17-5-6-18-14)19-20-16(25)22-9-7-21(8-10-22)12-1-3-13(4-2-12)23(26)27/h1-6,11H,7-10H2,(H,19,24)(H,20,25). The predicted molar refractivity (Wildman–Crippen MR) is 94.9 cm³/mol. The number of carbonyl (C=O) groups is 2. The molecule has 0 spiro atoms. The van der Waals surface area contributed by atoms with Crippen LogP contribution in [0.15, 0.2) is 42.9 Å². The molecule has 1 aliphatic rings. The van der Waals surface area contributed by atoms with Crippen LogP contribution in [0.3, 0.4) is 0 Å². The van der Waals surface area contributed by atoms with Gasteiger partial charge in [-0.25, -0.2) is 15.2 Å². The molecule has 2 aromatic rings. The fraction of sp³-hybridized carbons (Fsp3) is 0.250. The molecule has 140 valence electrons. The van der Waals surface area contributed by atoms with Crippen LogP contribution < -0.4 is 15.8 Å². The number of nitro benzene ring substituents is 1. The molecule has 0 aliphatic carbocycles. The molecule has 11 heteroatoms. The van der Waals surface area contributed by atoms with Crippen LogP contribution in [0.5, 0.6) is 0 Å². The topological polar surface area (TPSA) is 134 Å². The second-order valence-corrected chi connectivity index (χ2v) is 5.72. The van der Waals surface area contributed by atoms with Gasteiger partial charge in [-0.2, -0.15) is 0 Å². The number of piperazine rings is 1. The van der Waals surface area contributed by atoms with Crippen molar-refractivity contribution in [3.63, 3.8) is 0 Å². The van der Waals surface area contributed by atoms with E-state index >= 15 is 0 Å². The lowest BCUT2D eigenvalue weighted by Crippen LogP contribution is -2.55. The van der Waals surface area contributed by atoms with Crippen LogP contribution in [-0.4, -0.2) is 57.9 Å². The molecule has 1 aromatic heterocycles. The molecule has 1 aliphatic heterocycles. The van der Waals surface area contributed by atoms with Gasteiger partial charge in [-0.05, 0) is 12.1 Å². The summed E-state index contributed by atoms with van der Waals surface area (Å²) in [6.07, 6.45) is 4.12. The highest BCUT2D eigenvalue weighted by Gasteiger charge is 2.22. The van der Waals surface area contributed by atoms with Crippen LogP contribution in [-0.2, 0) is 0 Å². The summed E-state index contributed by atoms with van der Waals surface area (Å²) < 4.78 is 0. The molecular formula is C16H17N7O4. The lowest BCUT2D eigenvalue weighted by Gasteiger charge is -2.35. The molecule has 1 saturated heterocycles. The van der Waals surface area contributed by atoms with Crippen LogP contribution in [0.4, 0.5) is 16.2 Å². The fourth-order valence-electron chi connectivity index (χ4n) is 2.62. The molecule has 0 bridgehead atoms. The minimum absolute atomic E-state index is 0.0376. The number of nitrogens with one attached hydrogen (secondary N) is 2. The van der Waals surface area contributed by atoms with E-state index in [1.165, 1.54) is 30.7 Å². The third-order valence-electron chi connectivity index (χ3n) is 4.07. The Hall–Kier alpha value is -3.76. The molecule has 3 rings (SSSR count). The number of carbonyl (C=O) groups excluding carboxylic acids is 2. The summed E-state index contributed by atoms with van der Waals surface area (Å²) >= 11 is 0. The number of aromatic nitrogens is 2. The molecule has 3 amide bonds. The van der Waals surface area contributed by atoms with E-state index in [1.54, 1.807) is 17.0 Å². The number of urea groups is 1. The third kappa shape index (κ3) is 4.45. The van der Waals surface area contributed by atoms with E-state index in [-0.39, 0.29) is 11.4 Å². The zero-order chi connectivity index (χ0) is 19.2. The fourth-order valence-corrected chi connectivity index (χ4v) is 2.62. The van der Waals surface area contributed by atoms with E-state index in [1.807, 2.05) is 4.90 Å². The lowest BCUT2D eigenvalue weighted by molar-refractivity contribution is -0.384. The van der Waals surface area contributed by atoms with Gasteiger partial charge in [0.2, 0.25) is 0 Å². The first kappa shape index (κ1) is 18.0. The van der Waals surface area contributed by atoms with Gasteiger partial charge in [0, 0.05) is 56.4 Å². The van der Waals surface area contributed by atoms with E-state index in [2.05, 4.69) is 20.8 Å². The van der Waals surface area contributed by atoms with E-state index in [0.717, 1.165) is 5.69 Å². The Balaban J connectivity index is 1.47. The quantitative estimate of drug-likeness (QED) is 0.595. The number of non-ortho nitro benzene ring substituents is 1. The Morgan fingerprint density at radius 3 is 2.33 bits per heavy atom. The molecule has 0 saturated carbocycles. The Kier molecular flexibility index (Phi) is 5.40. The van der Waals surface area contributed by atoms with Crippen molar-refractivity contribution in [2.45, 2.75) is 0 Å². The number of nitro groups is 1. The first-order valence-electron chi connectivity index (χ1n) is 8.15. The highest BCUT2D eigenvalue weighted by Crippen LogP contribution is 2.20. The van der Waals surface area contributed by atoms with Crippen molar-refractivity contribution in [1.29, 1.82) is 0 Å². The van der Waals surface area contributed by atoms with Gasteiger partial charge >= 0.3 is 6.03 Å². The summed E-state index contributed by atoms with van der Waals surface area (Å²) in [4.78, 5) is 45.5. The Bertz CT molecular complexity index is 820. The second-order valence-electron chi connectivity index (χ2n) is 5.72. The van der Waals surface area contributed by atoms with Crippen LogP contribution >= 0.6 is 0 Å². The lowest BCUT2D eigenvalue weighted by atomic mass is 10.2. The van der Waals surface area contributed by atoms with Crippen LogP contribution in [0.2, 0.25) is 0 Å². The number of hydrazine groups is 1. The minimum atomic E-state index is -0.555. The zero-order valence-corrected chi connectivity index (χ0v) is 14.2. The van der Waals surface area contributed by atoms with Gasteiger partial charge in [0.25, 0.3) is 11.6 Å². The molecule has 0 radical (unpaired) electrons. The molecule has 1 aromatic carbocycles. The van der Waals surface area contributed by atoms with Gasteiger partial charge in [-0.1, -0.05) is 0 Å². The minimum Gasteiger partial charge on any atom is -0.368 e. The number of rotatable bonds is 3. The van der Waals surface area contributed by atoms with Crippen molar-refractivity contribution < 1.29 is 14.5 Å². The molecule has 11 nitrogen and oxygen atoms in total. The maximum Gasteiger partial charge on any atom is 0.336 e. The van der Waals surface area contributed by atoms with Gasteiger partial charge in [-0.3, -0.25) is 25.3 Å². The van der Waals surface area contributed by atoms with Crippen molar-refractivity contribution in [2.75, 3.05) is 31.1 Å². The van der Waals surface area contributed by atoms with Crippen molar-refractivity contribution in [3.8, 4) is 0 Å². The third-order valence-corrected chi connectivity index (χ3v) is 4.07. The first-order chi connectivity index (χ1) is 13.0. The van der Waals surface area contributed by atoms with Crippen LogP contribution in [0.25, 0.3) is 0 Å². The average Bonchev–Trinajstić information content (AvgIpc) is 2.72. The Labute approximate surface area is 154 Å². The van der Waals surface area contributed by atoms with Gasteiger partial charge in [0.1, 0.15) is 5.69 Å². The number of anilines is 1. The molecular weight excluding hydrogens is 354 g/mol. The monoisotopic (exact) mass is 371 g/mol. The number of hydrogen-bond donors (Lipinski definition) is 2. The molecule has 0 atom stereocenters. The summed E-state index contributed by atoms with van der Waals surface area (Å²) in [6.45, 7) is 2.04. The van der Waals surface area contributed by atoms with Gasteiger partial charge < -0.3 is 9.80 Å². The summed E-state index contributed by atoms with van der Waals surface area (Å²) in [5.41, 5.74) is 5.64. The smallest absolute Gasteiger partial charge is 0.336 e. The van der Waals surface area contributed by atoms with E-state index in [9.17, 15) is 19.7 Å². The van der Waals surface area contributed by atoms with Crippen molar-refractivity contribution in [2.24, 2.45) is 0 Å². The highest BCUT2D eigenvalue weighted by molar-refractivity contribution is 5.93. The van der Waals surface area contributed by atoms with E-state index in [4.69, 9.17) is 0 Å². The molecule has 1 fully saturated rings.